The molecule has 13 nitrogen and oxygen atoms in total. The van der Waals surface area contributed by atoms with Crippen LogP contribution in [0.25, 0.3) is 5.65 Å². The molecule has 1 saturated carbocycles. The largest absolute Gasteiger partial charge is 0.408 e. The molecule has 1 aliphatic heterocycles. The zero-order valence-electron chi connectivity index (χ0n) is 24.4. The number of amides is 2. The molecule has 0 spiro atoms. The highest BCUT2D eigenvalue weighted by Gasteiger charge is 2.56. The van der Waals surface area contributed by atoms with E-state index in [2.05, 4.69) is 40.7 Å². The smallest absolute Gasteiger partial charge is 0.344 e. The molecule has 2 amide bonds. The van der Waals surface area contributed by atoms with Gasteiger partial charge in [0.25, 0.3) is 12.3 Å². The highest BCUT2D eigenvalue weighted by molar-refractivity contribution is 5.93. The molecule has 0 bridgehead atoms. The van der Waals surface area contributed by atoms with E-state index in [0.29, 0.717) is 11.3 Å². The number of fused-ring (bicyclic) bond motifs is 1. The van der Waals surface area contributed by atoms with Crippen LogP contribution >= 0.6 is 0 Å². The quantitative estimate of drug-likeness (QED) is 0.245. The minimum Gasteiger partial charge on any atom is -0.344 e. The van der Waals surface area contributed by atoms with Crippen molar-refractivity contribution in [3.8, 4) is 0 Å². The van der Waals surface area contributed by atoms with E-state index in [4.69, 9.17) is 4.63 Å². The Balaban J connectivity index is 1.31. The van der Waals surface area contributed by atoms with Crippen molar-refractivity contribution in [2.75, 3.05) is 0 Å². The fourth-order valence-corrected chi connectivity index (χ4v) is 6.25. The Hall–Kier alpha value is -4.65. The molecule has 252 valence electrons. The van der Waals surface area contributed by atoms with E-state index in [0.717, 1.165) is 0 Å². The van der Waals surface area contributed by atoms with Gasteiger partial charge in [-0.2, -0.15) is 18.3 Å². The molecule has 0 radical (unpaired) electrons. The topological polar surface area (TPSA) is 166 Å². The molecule has 3 atom stereocenters. The number of carbonyl (C=O) groups excluding carboxylic acids is 2. The summed E-state index contributed by atoms with van der Waals surface area (Å²) in [7, 11) is 0. The predicted molar refractivity (Wildman–Crippen MR) is 141 cm³/mol. The molecule has 6 rings (SSSR count). The van der Waals surface area contributed by atoms with Crippen molar-refractivity contribution in [1.82, 2.24) is 45.9 Å². The van der Waals surface area contributed by atoms with Gasteiger partial charge in [0.1, 0.15) is 17.4 Å². The minimum atomic E-state index is -4.70. The Morgan fingerprint density at radius 1 is 1.13 bits per heavy atom. The van der Waals surface area contributed by atoms with E-state index in [1.165, 1.54) is 23.0 Å². The van der Waals surface area contributed by atoms with Gasteiger partial charge in [0.2, 0.25) is 17.5 Å². The number of halogens is 7. The molecule has 47 heavy (non-hydrogen) atoms. The third kappa shape index (κ3) is 6.49. The fourth-order valence-electron chi connectivity index (χ4n) is 6.25. The highest BCUT2D eigenvalue weighted by Crippen LogP contribution is 2.43. The molecule has 0 aromatic carbocycles. The second kappa shape index (κ2) is 11.9. The summed E-state index contributed by atoms with van der Waals surface area (Å²) in [5.41, 5.74) is -2.18. The number of aryl methyl sites for hydroxylation is 1. The lowest BCUT2D eigenvalue weighted by Crippen LogP contribution is -2.39. The number of rotatable bonds is 9. The second-order valence-corrected chi connectivity index (χ2v) is 12.0. The molecule has 5 heterocycles. The maximum absolute atomic E-state index is 14.0. The van der Waals surface area contributed by atoms with Crippen LogP contribution < -0.4 is 10.6 Å². The van der Waals surface area contributed by atoms with Gasteiger partial charge >= 0.3 is 6.18 Å². The lowest BCUT2D eigenvalue weighted by molar-refractivity contribution is -0.155. The Kier molecular flexibility index (Phi) is 8.15. The van der Waals surface area contributed by atoms with Crippen molar-refractivity contribution < 1.29 is 49.6 Å². The summed E-state index contributed by atoms with van der Waals surface area (Å²) in [6, 6.07) is -1.65. The molecular formula is C27H26F7N9O4. The molecule has 2 aliphatic rings. The monoisotopic (exact) mass is 673 g/mol. The summed E-state index contributed by atoms with van der Waals surface area (Å²) in [6.07, 6.45) is -7.13. The van der Waals surface area contributed by atoms with Crippen LogP contribution in [-0.4, -0.2) is 65.2 Å². The first-order valence-corrected chi connectivity index (χ1v) is 14.4. The minimum absolute atomic E-state index is 0.0302. The van der Waals surface area contributed by atoms with Crippen LogP contribution in [0.3, 0.4) is 0 Å². The molecule has 4 aromatic rings. The van der Waals surface area contributed by atoms with Crippen molar-refractivity contribution in [2.24, 2.45) is 11.3 Å². The SMILES string of the molecule is Cc1nonc1C[C@]1(Cc2cnn3cc([C@@H](NC(=O)c4nonc4C(F)F)C4CCC(F)(F)CC4)nc3c2)C[C@@H](C(F)(F)F)NC1=O. The first-order chi connectivity index (χ1) is 22.1. The van der Waals surface area contributed by atoms with Crippen LogP contribution in [0, 0.1) is 18.3 Å². The Morgan fingerprint density at radius 2 is 1.85 bits per heavy atom. The second-order valence-electron chi connectivity index (χ2n) is 12.0. The van der Waals surface area contributed by atoms with Crippen LogP contribution in [-0.2, 0) is 17.6 Å². The molecule has 2 N–H and O–H groups in total. The molecule has 1 saturated heterocycles. The van der Waals surface area contributed by atoms with Crippen molar-refractivity contribution in [2.45, 2.75) is 82.5 Å². The average Bonchev–Trinajstić information content (AvgIpc) is 3.79. The van der Waals surface area contributed by atoms with E-state index in [1.54, 1.807) is 6.92 Å². The lowest BCUT2D eigenvalue weighted by Gasteiger charge is -2.33. The van der Waals surface area contributed by atoms with Crippen molar-refractivity contribution >= 4 is 17.5 Å². The summed E-state index contributed by atoms with van der Waals surface area (Å²) in [6.45, 7) is 1.55. The molecule has 4 aromatic heterocycles. The van der Waals surface area contributed by atoms with Crippen molar-refractivity contribution in [1.29, 1.82) is 0 Å². The van der Waals surface area contributed by atoms with Crippen LogP contribution in [0.15, 0.2) is 27.7 Å². The van der Waals surface area contributed by atoms with Gasteiger partial charge in [0.05, 0.1) is 29.5 Å². The summed E-state index contributed by atoms with van der Waals surface area (Å²) in [4.78, 5) is 30.7. The van der Waals surface area contributed by atoms with Crippen LogP contribution in [0.1, 0.15) is 83.4 Å². The van der Waals surface area contributed by atoms with Crippen LogP contribution in [0.5, 0.6) is 0 Å². The van der Waals surface area contributed by atoms with Gasteiger partial charge < -0.3 is 10.6 Å². The van der Waals surface area contributed by atoms with E-state index < -0.39 is 84.4 Å². The molecular weight excluding hydrogens is 647 g/mol. The maximum atomic E-state index is 14.0. The molecule has 2 fully saturated rings. The van der Waals surface area contributed by atoms with E-state index in [-0.39, 0.29) is 42.7 Å². The van der Waals surface area contributed by atoms with E-state index in [1.807, 2.05) is 5.32 Å². The first-order valence-electron chi connectivity index (χ1n) is 14.4. The summed E-state index contributed by atoms with van der Waals surface area (Å²) in [5, 5.41) is 22.6. The van der Waals surface area contributed by atoms with Gasteiger partial charge in [-0.15, -0.1) is 0 Å². The van der Waals surface area contributed by atoms with Crippen LogP contribution in [0.4, 0.5) is 30.7 Å². The number of nitrogens with zero attached hydrogens (tertiary/aromatic N) is 7. The summed E-state index contributed by atoms with van der Waals surface area (Å²) < 4.78 is 106. The highest BCUT2D eigenvalue weighted by atomic mass is 19.4. The van der Waals surface area contributed by atoms with E-state index >= 15 is 0 Å². The van der Waals surface area contributed by atoms with Gasteiger partial charge in [-0.3, -0.25) is 9.59 Å². The number of carbonyl (C=O) groups is 2. The fraction of sp³-hybridized carbons (Fsp3) is 0.556. The average molecular weight is 674 g/mol. The predicted octanol–water partition coefficient (Wildman–Crippen LogP) is 4.26. The van der Waals surface area contributed by atoms with Gasteiger partial charge in [-0.25, -0.2) is 36.3 Å². The van der Waals surface area contributed by atoms with Crippen LogP contribution in [0.2, 0.25) is 0 Å². The van der Waals surface area contributed by atoms with Crippen molar-refractivity contribution in [3.63, 3.8) is 0 Å². The van der Waals surface area contributed by atoms with Gasteiger partial charge in [-0.1, -0.05) is 10.3 Å². The lowest BCUT2D eigenvalue weighted by atomic mass is 9.75. The number of imidazole rings is 1. The standard InChI is InChI=1S/C27H26F7N9O4/c1-12-15(40-46-39-12)8-25(9-17(27(32,33)34)37-24(25)45)7-13-6-18-36-16(11-43(18)35-10-13)19(14-2-4-26(30,31)5-3-14)38-23(44)21-20(22(28)29)41-47-42-21/h6,10-11,14,17,19,22H,2-5,7-9H2,1H3,(H,37,45)(H,38,44)/t17-,19-,25+/m0/s1. The first kappa shape index (κ1) is 32.3. The summed E-state index contributed by atoms with van der Waals surface area (Å²) >= 11 is 0. The maximum Gasteiger partial charge on any atom is 0.408 e. The van der Waals surface area contributed by atoms with Gasteiger partial charge in [0.15, 0.2) is 11.3 Å². The normalized spacial score (nSPS) is 22.6. The third-order valence-electron chi connectivity index (χ3n) is 8.74. The number of hydrogen-bond acceptors (Lipinski definition) is 10. The third-order valence-corrected chi connectivity index (χ3v) is 8.74. The zero-order chi connectivity index (χ0) is 33.7. The summed E-state index contributed by atoms with van der Waals surface area (Å²) in [5.74, 6) is -5.41. The molecule has 0 unspecified atom stereocenters. The number of nitrogens with one attached hydrogen (secondary N) is 2. The number of alkyl halides is 7. The molecule has 20 heteroatoms. The Labute approximate surface area is 259 Å². The Morgan fingerprint density at radius 3 is 2.49 bits per heavy atom. The zero-order valence-corrected chi connectivity index (χ0v) is 24.4. The van der Waals surface area contributed by atoms with Gasteiger partial charge in [-0.05, 0) is 60.5 Å². The molecule has 1 aliphatic carbocycles. The number of hydrogen-bond donors (Lipinski definition) is 2. The van der Waals surface area contributed by atoms with Gasteiger partial charge in [0, 0.05) is 19.3 Å². The van der Waals surface area contributed by atoms with E-state index in [9.17, 15) is 40.3 Å². The number of aromatic nitrogens is 7. The van der Waals surface area contributed by atoms with Crippen molar-refractivity contribution in [3.05, 3.63) is 52.5 Å². The Bertz CT molecular complexity index is 1780.